The van der Waals surface area contributed by atoms with Crippen LogP contribution in [0.5, 0.6) is 0 Å². The molecule has 0 spiro atoms. The number of para-hydroxylation sites is 2. The summed E-state index contributed by atoms with van der Waals surface area (Å²) in [6, 6.07) is 7.99. The van der Waals surface area contributed by atoms with Gasteiger partial charge in [0.15, 0.2) is 5.16 Å². The fraction of sp³-hybridized carbons (Fsp3) is 0.182. The van der Waals surface area contributed by atoms with Gasteiger partial charge in [-0.05, 0) is 12.1 Å². The van der Waals surface area contributed by atoms with Crippen molar-refractivity contribution in [1.29, 1.82) is 0 Å². The Morgan fingerprint density at radius 3 is 3.00 bits per heavy atom. The van der Waals surface area contributed by atoms with Crippen LogP contribution in [0.4, 0.5) is 0 Å². The number of nitrogens with two attached hydrogens (primary N) is 1. The molecule has 0 unspecified atom stereocenters. The zero-order valence-corrected chi connectivity index (χ0v) is 9.18. The number of imidazole rings is 1. The average molecular weight is 219 g/mol. The molecule has 0 bridgehead atoms. The summed E-state index contributed by atoms with van der Waals surface area (Å²) in [7, 11) is 0. The van der Waals surface area contributed by atoms with Crippen LogP contribution in [0.3, 0.4) is 0 Å². The van der Waals surface area contributed by atoms with Gasteiger partial charge in [-0.15, -0.1) is 0 Å². The first kappa shape index (κ1) is 10.3. The minimum atomic E-state index is 0.535. The molecule has 3 nitrogen and oxygen atoms in total. The number of nitrogens with one attached hydrogen (secondary N) is 1. The molecular formula is C11H13N3S. The number of nitrogens with zero attached hydrogens (tertiary/aromatic N) is 1. The zero-order chi connectivity index (χ0) is 10.7. The Labute approximate surface area is 92.8 Å². The van der Waals surface area contributed by atoms with Crippen LogP contribution in [0, 0.1) is 0 Å². The number of hydrogen-bond acceptors (Lipinski definition) is 3. The van der Waals surface area contributed by atoms with E-state index in [0.29, 0.717) is 6.54 Å². The van der Waals surface area contributed by atoms with Gasteiger partial charge in [0.05, 0.1) is 11.0 Å². The number of fused-ring (bicyclic) bond motifs is 1. The van der Waals surface area contributed by atoms with E-state index < -0.39 is 0 Å². The largest absolute Gasteiger partial charge is 0.333 e. The van der Waals surface area contributed by atoms with Gasteiger partial charge in [0.2, 0.25) is 0 Å². The Hall–Kier alpha value is -1.26. The molecule has 1 heterocycles. The number of hydrogen-bond donors (Lipinski definition) is 2. The van der Waals surface area contributed by atoms with Crippen LogP contribution >= 0.6 is 11.8 Å². The molecule has 0 aliphatic heterocycles. The second-order valence-electron chi connectivity index (χ2n) is 3.30. The third-order valence-corrected chi connectivity index (χ3v) is 3.09. The molecule has 1 aromatic carbocycles. The van der Waals surface area contributed by atoms with Gasteiger partial charge in [0, 0.05) is 12.3 Å². The summed E-state index contributed by atoms with van der Waals surface area (Å²) in [6.07, 6.45) is 0. The minimum absolute atomic E-state index is 0.535. The molecule has 78 valence electrons. The first-order chi connectivity index (χ1) is 7.29. The molecule has 1 aromatic heterocycles. The fourth-order valence-electron chi connectivity index (χ4n) is 1.23. The zero-order valence-electron chi connectivity index (χ0n) is 8.36. The number of thioether (sulfide) groups is 1. The molecule has 0 radical (unpaired) electrons. The molecule has 15 heavy (non-hydrogen) atoms. The lowest BCUT2D eigenvalue weighted by Gasteiger charge is -1.98. The van der Waals surface area contributed by atoms with Gasteiger partial charge < -0.3 is 10.7 Å². The van der Waals surface area contributed by atoms with E-state index in [1.54, 1.807) is 11.8 Å². The van der Waals surface area contributed by atoms with Gasteiger partial charge in [-0.1, -0.05) is 36.0 Å². The van der Waals surface area contributed by atoms with E-state index in [9.17, 15) is 0 Å². The smallest absolute Gasteiger partial charge is 0.166 e. The molecule has 0 atom stereocenters. The van der Waals surface area contributed by atoms with E-state index in [1.165, 1.54) is 0 Å². The molecule has 3 N–H and O–H groups in total. The molecule has 4 heteroatoms. The first-order valence-electron chi connectivity index (χ1n) is 4.74. The number of aromatic amines is 1. The van der Waals surface area contributed by atoms with Crippen LogP contribution in [0.15, 0.2) is 41.6 Å². The quantitative estimate of drug-likeness (QED) is 0.612. The average Bonchev–Trinajstić information content (AvgIpc) is 2.68. The number of aromatic nitrogens is 2. The Morgan fingerprint density at radius 1 is 1.47 bits per heavy atom. The Kier molecular flexibility index (Phi) is 3.08. The lowest BCUT2D eigenvalue weighted by molar-refractivity contribution is 1.08. The topological polar surface area (TPSA) is 54.7 Å². The molecule has 0 aliphatic rings. The normalized spacial score (nSPS) is 10.7. The van der Waals surface area contributed by atoms with Crippen molar-refractivity contribution < 1.29 is 0 Å². The van der Waals surface area contributed by atoms with Gasteiger partial charge in [0.1, 0.15) is 0 Å². The van der Waals surface area contributed by atoms with Gasteiger partial charge in [0.25, 0.3) is 0 Å². The Bertz CT molecular complexity index is 442. The highest BCUT2D eigenvalue weighted by Crippen LogP contribution is 2.20. The van der Waals surface area contributed by atoms with Crippen molar-refractivity contribution in [2.45, 2.75) is 5.16 Å². The molecule has 0 saturated heterocycles. The van der Waals surface area contributed by atoms with Crippen molar-refractivity contribution in [1.82, 2.24) is 9.97 Å². The molecule has 0 aliphatic carbocycles. The van der Waals surface area contributed by atoms with E-state index in [0.717, 1.165) is 27.5 Å². The van der Waals surface area contributed by atoms with E-state index in [1.807, 2.05) is 24.3 Å². The van der Waals surface area contributed by atoms with Gasteiger partial charge in [-0.2, -0.15) is 0 Å². The van der Waals surface area contributed by atoms with Crippen LogP contribution in [0.2, 0.25) is 0 Å². The molecule has 0 fully saturated rings. The summed E-state index contributed by atoms with van der Waals surface area (Å²) in [5.74, 6) is 0.816. The van der Waals surface area contributed by atoms with Gasteiger partial charge in [-0.3, -0.25) is 0 Å². The van der Waals surface area contributed by atoms with E-state index in [2.05, 4.69) is 16.5 Å². The molecule has 0 saturated carbocycles. The number of benzene rings is 1. The van der Waals surface area contributed by atoms with Crippen LogP contribution < -0.4 is 5.73 Å². The van der Waals surface area contributed by atoms with Crippen molar-refractivity contribution >= 4 is 22.8 Å². The Morgan fingerprint density at radius 2 is 2.27 bits per heavy atom. The summed E-state index contributed by atoms with van der Waals surface area (Å²) in [5.41, 5.74) is 8.56. The van der Waals surface area contributed by atoms with E-state index in [-0.39, 0.29) is 0 Å². The lowest BCUT2D eigenvalue weighted by Crippen LogP contribution is -2.03. The van der Waals surface area contributed by atoms with Crippen LogP contribution in [0.25, 0.3) is 11.0 Å². The molecule has 2 rings (SSSR count). The number of H-pyrrole nitrogens is 1. The summed E-state index contributed by atoms with van der Waals surface area (Å²) in [5, 5.41) is 0.922. The maximum Gasteiger partial charge on any atom is 0.166 e. The molecular weight excluding hydrogens is 206 g/mol. The van der Waals surface area contributed by atoms with Crippen molar-refractivity contribution in [2.75, 3.05) is 12.3 Å². The monoisotopic (exact) mass is 219 g/mol. The second kappa shape index (κ2) is 4.51. The van der Waals surface area contributed by atoms with Crippen LogP contribution in [-0.2, 0) is 0 Å². The van der Waals surface area contributed by atoms with Crippen molar-refractivity contribution in [3.05, 3.63) is 36.4 Å². The van der Waals surface area contributed by atoms with Crippen molar-refractivity contribution in [3.63, 3.8) is 0 Å². The summed E-state index contributed by atoms with van der Waals surface area (Å²) in [4.78, 5) is 7.69. The van der Waals surface area contributed by atoms with Crippen LogP contribution in [0.1, 0.15) is 0 Å². The second-order valence-corrected chi connectivity index (χ2v) is 4.27. The third kappa shape index (κ3) is 2.40. The summed E-state index contributed by atoms with van der Waals surface area (Å²) in [6.45, 7) is 4.39. The minimum Gasteiger partial charge on any atom is -0.333 e. The van der Waals surface area contributed by atoms with Crippen molar-refractivity contribution in [2.24, 2.45) is 5.73 Å². The van der Waals surface area contributed by atoms with Gasteiger partial charge >= 0.3 is 0 Å². The summed E-state index contributed by atoms with van der Waals surface area (Å²) < 4.78 is 0. The highest BCUT2D eigenvalue weighted by Gasteiger charge is 2.02. The van der Waals surface area contributed by atoms with Crippen molar-refractivity contribution in [3.8, 4) is 0 Å². The van der Waals surface area contributed by atoms with Gasteiger partial charge in [-0.25, -0.2) is 4.98 Å². The SMILES string of the molecule is C=C(CN)CSc1nc2ccccc2[nH]1. The van der Waals surface area contributed by atoms with Crippen LogP contribution in [-0.4, -0.2) is 22.3 Å². The first-order valence-corrected chi connectivity index (χ1v) is 5.72. The highest BCUT2D eigenvalue weighted by molar-refractivity contribution is 7.99. The lowest BCUT2D eigenvalue weighted by atomic mass is 10.3. The predicted octanol–water partition coefficient (Wildman–Crippen LogP) is 2.17. The maximum atomic E-state index is 5.47. The van der Waals surface area contributed by atoms with E-state index in [4.69, 9.17) is 5.73 Å². The molecule has 2 aromatic rings. The Balaban J connectivity index is 2.12. The predicted molar refractivity (Wildman–Crippen MR) is 65.0 cm³/mol. The highest BCUT2D eigenvalue weighted by atomic mass is 32.2. The maximum absolute atomic E-state index is 5.47. The third-order valence-electron chi connectivity index (χ3n) is 2.07. The summed E-state index contributed by atoms with van der Waals surface area (Å²) >= 11 is 1.63. The standard InChI is InChI=1S/C11H13N3S/c1-8(6-12)7-15-11-13-9-4-2-3-5-10(9)14-11/h2-5H,1,6-7,12H2,(H,13,14). The number of rotatable bonds is 4. The molecule has 0 amide bonds. The fourth-order valence-corrected chi connectivity index (χ4v) is 2.03. The van der Waals surface area contributed by atoms with E-state index >= 15 is 0 Å².